The molecule has 0 saturated carbocycles. The molecule has 0 unspecified atom stereocenters. The molecule has 0 aliphatic carbocycles. The molecule has 2 heterocycles. The Labute approximate surface area is 152 Å². The Morgan fingerprint density at radius 1 is 0.808 bits per heavy atom. The van der Waals surface area contributed by atoms with E-state index >= 15 is 0 Å². The second-order valence-electron chi connectivity index (χ2n) is 6.66. The zero-order valence-electron chi connectivity index (χ0n) is 14.6. The number of allylic oxidation sites excluding steroid dienone is 1. The smallest absolute Gasteiger partial charge is 0.209 e. The van der Waals surface area contributed by atoms with Gasteiger partial charge in [0, 0.05) is 5.70 Å². The van der Waals surface area contributed by atoms with E-state index in [0.29, 0.717) is 0 Å². The van der Waals surface area contributed by atoms with E-state index in [2.05, 4.69) is 89.6 Å². The van der Waals surface area contributed by atoms with Gasteiger partial charge in [-0.15, -0.1) is 0 Å². The van der Waals surface area contributed by atoms with Crippen LogP contribution in [0, 0.1) is 0 Å². The van der Waals surface area contributed by atoms with E-state index in [1.165, 1.54) is 16.7 Å². The minimum atomic E-state index is 0.120. The molecule has 1 aromatic heterocycles. The highest BCUT2D eigenvalue weighted by Gasteiger charge is 2.29. The molecule has 4 aromatic rings. The number of rotatable bonds is 2. The zero-order chi connectivity index (χ0) is 17.5. The first-order valence-electron chi connectivity index (χ1n) is 8.88. The summed E-state index contributed by atoms with van der Waals surface area (Å²) in [5.41, 5.74) is 7.04. The molecule has 3 heteroatoms. The number of nitrogens with zero attached hydrogens (tertiary/aromatic N) is 2. The molecule has 0 spiro atoms. The zero-order valence-corrected chi connectivity index (χ0v) is 14.6. The summed E-state index contributed by atoms with van der Waals surface area (Å²) in [5, 5.41) is 3.58. The van der Waals surface area contributed by atoms with Crippen LogP contribution in [0.5, 0.6) is 0 Å². The van der Waals surface area contributed by atoms with Crippen molar-refractivity contribution in [3.63, 3.8) is 0 Å². The second kappa shape index (κ2) is 5.88. The highest BCUT2D eigenvalue weighted by Crippen LogP contribution is 2.41. The molecule has 3 aromatic carbocycles. The van der Waals surface area contributed by atoms with Gasteiger partial charge in [-0.3, -0.25) is 4.57 Å². The quantitative estimate of drug-likeness (QED) is 0.525. The molecule has 1 aliphatic heterocycles. The topological polar surface area (TPSA) is 29.9 Å². The van der Waals surface area contributed by atoms with Crippen LogP contribution in [-0.4, -0.2) is 9.55 Å². The van der Waals surface area contributed by atoms with E-state index in [-0.39, 0.29) is 6.04 Å². The van der Waals surface area contributed by atoms with Crippen LogP contribution < -0.4 is 5.32 Å². The number of fused-ring (bicyclic) bond motifs is 3. The van der Waals surface area contributed by atoms with Crippen LogP contribution in [0.15, 0.2) is 90.5 Å². The largest absolute Gasteiger partial charge is 0.325 e. The summed E-state index contributed by atoms with van der Waals surface area (Å²) in [6, 6.07) is 29.6. The normalized spacial score (nSPS) is 16.4. The third-order valence-electron chi connectivity index (χ3n) is 5.07. The molecule has 1 aliphatic rings. The van der Waals surface area contributed by atoms with E-state index in [9.17, 15) is 0 Å². The fraction of sp³-hybridized carbons (Fsp3) is 0.0870. The molecule has 0 radical (unpaired) electrons. The van der Waals surface area contributed by atoms with Crippen molar-refractivity contribution in [3.05, 3.63) is 102 Å². The fourth-order valence-corrected chi connectivity index (χ4v) is 3.87. The van der Waals surface area contributed by atoms with Gasteiger partial charge in [-0.1, -0.05) is 72.8 Å². The molecule has 1 N–H and O–H groups in total. The first kappa shape index (κ1) is 15.0. The number of para-hydroxylation sites is 2. The van der Waals surface area contributed by atoms with Gasteiger partial charge in [0.1, 0.15) is 0 Å². The molecule has 1 atom stereocenters. The molecule has 5 rings (SSSR count). The molecule has 0 fully saturated rings. The minimum absolute atomic E-state index is 0.120. The first-order chi connectivity index (χ1) is 12.8. The third-order valence-corrected chi connectivity index (χ3v) is 5.07. The van der Waals surface area contributed by atoms with E-state index in [1.807, 2.05) is 12.1 Å². The Morgan fingerprint density at radius 2 is 1.46 bits per heavy atom. The molecule has 0 bridgehead atoms. The van der Waals surface area contributed by atoms with E-state index in [4.69, 9.17) is 4.98 Å². The minimum Gasteiger partial charge on any atom is -0.325 e. The maximum absolute atomic E-state index is 4.86. The van der Waals surface area contributed by atoms with Gasteiger partial charge >= 0.3 is 0 Å². The van der Waals surface area contributed by atoms with Gasteiger partial charge in [0.25, 0.3) is 0 Å². The van der Waals surface area contributed by atoms with E-state index in [1.54, 1.807) is 0 Å². The predicted octanol–water partition coefficient (Wildman–Crippen LogP) is 5.48. The Hall–Kier alpha value is -3.33. The summed E-state index contributed by atoms with van der Waals surface area (Å²) in [4.78, 5) is 4.86. The number of hydrogen-bond donors (Lipinski definition) is 1. The highest BCUT2D eigenvalue weighted by molar-refractivity contribution is 5.87. The van der Waals surface area contributed by atoms with Crippen LogP contribution in [0.25, 0.3) is 16.7 Å². The first-order valence-corrected chi connectivity index (χ1v) is 8.88. The van der Waals surface area contributed by atoms with Gasteiger partial charge in [-0.25, -0.2) is 4.98 Å². The van der Waals surface area contributed by atoms with Gasteiger partial charge in [0.2, 0.25) is 5.95 Å². The lowest BCUT2D eigenvalue weighted by Gasteiger charge is -2.31. The average Bonchev–Trinajstić information content (AvgIpc) is 3.07. The van der Waals surface area contributed by atoms with Gasteiger partial charge in [-0.2, -0.15) is 0 Å². The Kier molecular flexibility index (Phi) is 3.39. The van der Waals surface area contributed by atoms with E-state index < -0.39 is 0 Å². The number of anilines is 1. The molecule has 26 heavy (non-hydrogen) atoms. The molecule has 126 valence electrons. The van der Waals surface area contributed by atoms with Crippen molar-refractivity contribution in [3.8, 4) is 0 Å². The van der Waals surface area contributed by atoms with Crippen molar-refractivity contribution in [2.75, 3.05) is 5.32 Å². The number of imidazole rings is 1. The van der Waals surface area contributed by atoms with Crippen molar-refractivity contribution in [1.29, 1.82) is 0 Å². The third kappa shape index (κ3) is 2.25. The maximum Gasteiger partial charge on any atom is 0.209 e. The lowest BCUT2D eigenvalue weighted by atomic mass is 9.93. The lowest BCUT2D eigenvalue weighted by molar-refractivity contribution is 0.681. The molecular formula is C23H19N3. The number of hydrogen-bond acceptors (Lipinski definition) is 2. The van der Waals surface area contributed by atoms with E-state index in [0.717, 1.165) is 22.7 Å². The van der Waals surface area contributed by atoms with Crippen LogP contribution in [0.4, 0.5) is 5.95 Å². The molecule has 3 nitrogen and oxygen atoms in total. The van der Waals surface area contributed by atoms with Crippen LogP contribution in [0.2, 0.25) is 0 Å². The Bertz CT molecular complexity index is 1110. The number of nitrogens with one attached hydrogen (secondary N) is 1. The number of aromatic nitrogens is 2. The number of benzene rings is 3. The Morgan fingerprint density at radius 3 is 2.23 bits per heavy atom. The van der Waals surface area contributed by atoms with Crippen molar-refractivity contribution in [2.24, 2.45) is 0 Å². The van der Waals surface area contributed by atoms with Crippen LogP contribution in [0.3, 0.4) is 0 Å². The molecule has 0 saturated heterocycles. The SMILES string of the molecule is CC1=C(c2ccccc2)Nc2nc3ccccc3n2[C@@H]1c1ccccc1. The van der Waals surface area contributed by atoms with Gasteiger partial charge in [-0.05, 0) is 35.8 Å². The summed E-state index contributed by atoms with van der Waals surface area (Å²) in [5.74, 6) is 0.893. The van der Waals surface area contributed by atoms with Crippen molar-refractivity contribution in [1.82, 2.24) is 9.55 Å². The monoisotopic (exact) mass is 337 g/mol. The Balaban J connectivity index is 1.79. The van der Waals surface area contributed by atoms with Crippen LogP contribution in [0.1, 0.15) is 24.1 Å². The lowest BCUT2D eigenvalue weighted by Crippen LogP contribution is -2.22. The van der Waals surface area contributed by atoms with Gasteiger partial charge in [0.05, 0.1) is 17.1 Å². The summed E-state index contributed by atoms with van der Waals surface area (Å²) < 4.78 is 2.31. The summed E-state index contributed by atoms with van der Waals surface area (Å²) in [7, 11) is 0. The highest BCUT2D eigenvalue weighted by atomic mass is 15.2. The second-order valence-corrected chi connectivity index (χ2v) is 6.66. The fourth-order valence-electron chi connectivity index (χ4n) is 3.87. The van der Waals surface area contributed by atoms with Gasteiger partial charge in [0.15, 0.2) is 0 Å². The summed E-state index contributed by atoms with van der Waals surface area (Å²) >= 11 is 0. The average molecular weight is 337 g/mol. The summed E-state index contributed by atoms with van der Waals surface area (Å²) in [6.45, 7) is 2.21. The van der Waals surface area contributed by atoms with Crippen molar-refractivity contribution in [2.45, 2.75) is 13.0 Å². The van der Waals surface area contributed by atoms with Crippen LogP contribution >= 0.6 is 0 Å². The predicted molar refractivity (Wildman–Crippen MR) is 107 cm³/mol. The summed E-state index contributed by atoms with van der Waals surface area (Å²) in [6.07, 6.45) is 0. The molecule has 0 amide bonds. The van der Waals surface area contributed by atoms with Crippen molar-refractivity contribution < 1.29 is 0 Å². The molecular weight excluding hydrogens is 318 g/mol. The maximum atomic E-state index is 4.86. The standard InChI is InChI=1S/C23H19N3/c1-16-21(17-10-4-2-5-11-17)25-23-24-19-14-8-9-15-20(19)26(23)22(16)18-12-6-3-7-13-18/h2-15,22H,1H3,(H,24,25)/t22-/m0/s1. The van der Waals surface area contributed by atoms with Crippen LogP contribution in [-0.2, 0) is 0 Å². The van der Waals surface area contributed by atoms with Gasteiger partial charge < -0.3 is 5.32 Å². The van der Waals surface area contributed by atoms with Crippen molar-refractivity contribution >= 4 is 22.7 Å².